The van der Waals surface area contributed by atoms with E-state index in [4.69, 9.17) is 14.2 Å². The summed E-state index contributed by atoms with van der Waals surface area (Å²) in [6.45, 7) is 6.35. The minimum atomic E-state index is -0.796. The molecule has 0 N–H and O–H groups in total. The highest BCUT2D eigenvalue weighted by Gasteiger charge is 2.19. The quantitative estimate of drug-likeness (QED) is 0.0199. The van der Waals surface area contributed by atoms with E-state index in [2.05, 4.69) is 106 Å². The van der Waals surface area contributed by atoms with Gasteiger partial charge < -0.3 is 14.2 Å². The number of carbonyl (C=O) groups excluding carboxylic acids is 3. The maximum atomic E-state index is 12.8. The van der Waals surface area contributed by atoms with Crippen LogP contribution in [0.1, 0.15) is 233 Å². The molecule has 0 spiro atoms. The molecule has 1 unspecified atom stereocenters. The van der Waals surface area contributed by atoms with Crippen molar-refractivity contribution < 1.29 is 28.6 Å². The highest BCUT2D eigenvalue weighted by Crippen LogP contribution is 2.15. The third kappa shape index (κ3) is 47.6. The summed E-state index contributed by atoms with van der Waals surface area (Å²) in [4.78, 5) is 38.0. The van der Waals surface area contributed by atoms with E-state index >= 15 is 0 Å². The van der Waals surface area contributed by atoms with Gasteiger partial charge in [-0.05, 0) is 77.0 Å². The average molecular weight is 863 g/mol. The molecular formula is C56H94O6. The molecule has 0 amide bonds. The van der Waals surface area contributed by atoms with E-state index in [1.165, 1.54) is 77.0 Å². The van der Waals surface area contributed by atoms with Gasteiger partial charge >= 0.3 is 17.9 Å². The van der Waals surface area contributed by atoms with Crippen molar-refractivity contribution in [3.8, 4) is 0 Å². The van der Waals surface area contributed by atoms with Crippen molar-refractivity contribution in [3.63, 3.8) is 0 Å². The molecule has 0 aliphatic heterocycles. The molecular weight excluding hydrogens is 769 g/mol. The first kappa shape index (κ1) is 58.6. The first-order chi connectivity index (χ1) is 30.5. The zero-order valence-corrected chi connectivity index (χ0v) is 40.4. The van der Waals surface area contributed by atoms with Gasteiger partial charge in [0.2, 0.25) is 0 Å². The van der Waals surface area contributed by atoms with Crippen LogP contribution in [0, 0.1) is 0 Å². The van der Waals surface area contributed by atoms with E-state index in [9.17, 15) is 14.4 Å². The van der Waals surface area contributed by atoms with Crippen LogP contribution in [0.25, 0.3) is 0 Å². The number of ether oxygens (including phenoxy) is 3. The van der Waals surface area contributed by atoms with Gasteiger partial charge in [0.15, 0.2) is 6.10 Å². The minimum Gasteiger partial charge on any atom is -0.462 e. The maximum absolute atomic E-state index is 12.8. The number of allylic oxidation sites excluding steroid dienone is 14. The lowest BCUT2D eigenvalue weighted by Gasteiger charge is -2.18. The fourth-order valence-corrected chi connectivity index (χ4v) is 6.90. The highest BCUT2D eigenvalue weighted by atomic mass is 16.6. The smallest absolute Gasteiger partial charge is 0.306 e. The molecule has 0 aromatic rings. The zero-order valence-electron chi connectivity index (χ0n) is 40.4. The first-order valence-electron chi connectivity index (χ1n) is 25.6. The van der Waals surface area contributed by atoms with Crippen molar-refractivity contribution in [2.24, 2.45) is 0 Å². The number of unbranched alkanes of at least 4 members (excludes halogenated alkanes) is 22. The Morgan fingerprint density at radius 3 is 1.18 bits per heavy atom. The molecule has 0 saturated carbocycles. The molecule has 1 atom stereocenters. The Morgan fingerprint density at radius 2 is 0.710 bits per heavy atom. The van der Waals surface area contributed by atoms with Crippen LogP contribution in [0.3, 0.4) is 0 Å². The second kappa shape index (κ2) is 50.2. The largest absolute Gasteiger partial charge is 0.462 e. The lowest BCUT2D eigenvalue weighted by molar-refractivity contribution is -0.167. The fraction of sp³-hybridized carbons (Fsp3) is 0.696. The van der Waals surface area contributed by atoms with Gasteiger partial charge in [0.25, 0.3) is 0 Å². The van der Waals surface area contributed by atoms with Crippen LogP contribution in [0.2, 0.25) is 0 Å². The van der Waals surface area contributed by atoms with Gasteiger partial charge in [-0.25, -0.2) is 0 Å². The van der Waals surface area contributed by atoms with Gasteiger partial charge in [-0.15, -0.1) is 0 Å². The van der Waals surface area contributed by atoms with Crippen molar-refractivity contribution in [1.82, 2.24) is 0 Å². The zero-order chi connectivity index (χ0) is 45.1. The van der Waals surface area contributed by atoms with Crippen molar-refractivity contribution in [2.45, 2.75) is 239 Å². The third-order valence-electron chi connectivity index (χ3n) is 10.7. The van der Waals surface area contributed by atoms with Gasteiger partial charge in [-0.1, -0.05) is 221 Å². The summed E-state index contributed by atoms with van der Waals surface area (Å²) in [6.07, 6.45) is 64.2. The van der Waals surface area contributed by atoms with Gasteiger partial charge in [-0.2, -0.15) is 0 Å². The van der Waals surface area contributed by atoms with Gasteiger partial charge in [0, 0.05) is 19.3 Å². The topological polar surface area (TPSA) is 78.9 Å². The summed E-state index contributed by atoms with van der Waals surface area (Å²) in [6, 6.07) is 0. The second-order valence-electron chi connectivity index (χ2n) is 16.7. The number of esters is 3. The summed E-state index contributed by atoms with van der Waals surface area (Å²) < 4.78 is 16.8. The van der Waals surface area contributed by atoms with E-state index in [1.807, 2.05) is 0 Å². The van der Waals surface area contributed by atoms with Crippen LogP contribution >= 0.6 is 0 Å². The van der Waals surface area contributed by atoms with E-state index in [-0.39, 0.29) is 31.1 Å². The Hall–Kier alpha value is -3.41. The summed E-state index contributed by atoms with van der Waals surface area (Å²) in [5.41, 5.74) is 0. The van der Waals surface area contributed by atoms with Gasteiger partial charge in [0.1, 0.15) is 13.2 Å². The second-order valence-corrected chi connectivity index (χ2v) is 16.7. The predicted molar refractivity (Wildman–Crippen MR) is 265 cm³/mol. The molecule has 0 radical (unpaired) electrons. The summed E-state index contributed by atoms with van der Waals surface area (Å²) in [5.74, 6) is -0.946. The predicted octanol–water partition coefficient (Wildman–Crippen LogP) is 16.8. The molecule has 0 heterocycles. The Labute approximate surface area is 382 Å². The van der Waals surface area contributed by atoms with Crippen molar-refractivity contribution in [3.05, 3.63) is 85.1 Å². The molecule has 0 aliphatic rings. The minimum absolute atomic E-state index is 0.0966. The summed E-state index contributed by atoms with van der Waals surface area (Å²) in [5, 5.41) is 0. The fourth-order valence-electron chi connectivity index (χ4n) is 6.90. The summed E-state index contributed by atoms with van der Waals surface area (Å²) in [7, 11) is 0. The molecule has 0 bridgehead atoms. The SMILES string of the molecule is CC/C=C/C=C/C=C/CCCCCCCC(=O)OCC(COC(=O)CCCCC/C=C/C/C=C/C/C=C/C/C=C/CC)OC(=O)CCCCCCCCCCCCCCCCC. The third-order valence-corrected chi connectivity index (χ3v) is 10.7. The molecule has 6 nitrogen and oxygen atoms in total. The lowest BCUT2D eigenvalue weighted by atomic mass is 10.0. The monoisotopic (exact) mass is 863 g/mol. The molecule has 6 heteroatoms. The molecule has 0 fully saturated rings. The van der Waals surface area contributed by atoms with Gasteiger partial charge in [0.05, 0.1) is 0 Å². The number of rotatable bonds is 45. The van der Waals surface area contributed by atoms with Crippen molar-refractivity contribution >= 4 is 17.9 Å². The Bertz CT molecular complexity index is 1220. The van der Waals surface area contributed by atoms with Crippen LogP contribution in [0.4, 0.5) is 0 Å². The van der Waals surface area contributed by atoms with Gasteiger partial charge in [-0.3, -0.25) is 14.4 Å². The number of hydrogen-bond donors (Lipinski definition) is 0. The average Bonchev–Trinajstić information content (AvgIpc) is 3.27. The lowest BCUT2D eigenvalue weighted by Crippen LogP contribution is -2.30. The molecule has 354 valence electrons. The van der Waals surface area contributed by atoms with E-state index in [1.54, 1.807) is 0 Å². The van der Waals surface area contributed by atoms with E-state index < -0.39 is 6.10 Å². The normalized spacial score (nSPS) is 12.8. The van der Waals surface area contributed by atoms with E-state index in [0.29, 0.717) is 19.3 Å². The van der Waals surface area contributed by atoms with Crippen LogP contribution in [-0.4, -0.2) is 37.2 Å². The molecule has 0 aromatic carbocycles. The van der Waals surface area contributed by atoms with Crippen LogP contribution in [-0.2, 0) is 28.6 Å². The van der Waals surface area contributed by atoms with Crippen LogP contribution in [0.5, 0.6) is 0 Å². The molecule has 62 heavy (non-hydrogen) atoms. The van der Waals surface area contributed by atoms with Crippen LogP contribution < -0.4 is 0 Å². The van der Waals surface area contributed by atoms with Crippen molar-refractivity contribution in [1.29, 1.82) is 0 Å². The van der Waals surface area contributed by atoms with Crippen molar-refractivity contribution in [2.75, 3.05) is 13.2 Å². The molecule has 0 aromatic heterocycles. The molecule has 0 aliphatic carbocycles. The maximum Gasteiger partial charge on any atom is 0.306 e. The molecule has 0 rings (SSSR count). The Kier molecular flexibility index (Phi) is 47.5. The van der Waals surface area contributed by atoms with Crippen LogP contribution in [0.15, 0.2) is 85.1 Å². The number of carbonyl (C=O) groups is 3. The Morgan fingerprint density at radius 1 is 0.355 bits per heavy atom. The highest BCUT2D eigenvalue weighted by molar-refractivity contribution is 5.71. The standard InChI is InChI=1S/C56H94O6/c1-4-7-10-13-16-19-22-25-27-29-31-34-37-40-43-46-49-55(58)61-52-53(51-60-54(57)48-45-42-39-36-33-30-24-21-18-15-12-9-6-3)62-56(59)50-47-44-41-38-35-32-28-26-23-20-17-14-11-8-5-2/h7,9-10,12,15-16,18-19,21,24-25,27,31,34,53H,4-6,8,11,13-14,17,20,22-23,26,28-30,32-33,35-52H2,1-3H3/b10-7+,12-9+,18-15+,19-16+,24-21+,27-25+,34-31+. The molecule has 0 saturated heterocycles. The summed E-state index contributed by atoms with van der Waals surface area (Å²) >= 11 is 0. The number of hydrogen-bond acceptors (Lipinski definition) is 6. The first-order valence-corrected chi connectivity index (χ1v) is 25.6. The Balaban J connectivity index is 4.46. The van der Waals surface area contributed by atoms with E-state index in [0.717, 1.165) is 116 Å².